The molecule has 0 radical (unpaired) electrons. The number of benzene rings is 1. The molecule has 0 spiro atoms. The van der Waals surface area contributed by atoms with Gasteiger partial charge in [-0.25, -0.2) is 0 Å². The van der Waals surface area contributed by atoms with Crippen LogP contribution >= 0.6 is 0 Å². The first kappa shape index (κ1) is 9.75. The van der Waals surface area contributed by atoms with Gasteiger partial charge in [-0.1, -0.05) is 24.3 Å². The van der Waals surface area contributed by atoms with E-state index in [0.717, 1.165) is 11.2 Å². The highest BCUT2D eigenvalue weighted by molar-refractivity contribution is 5.78. The average molecular weight is 213 g/mol. The summed E-state index contributed by atoms with van der Waals surface area (Å²) in [6.07, 6.45) is 2.51. The van der Waals surface area contributed by atoms with Crippen LogP contribution in [0.5, 0.6) is 0 Å². The molecule has 1 unspecified atom stereocenters. The lowest BCUT2D eigenvalue weighted by molar-refractivity contribution is 0.486. The number of nitrogens with zero attached hydrogens (tertiary/aromatic N) is 1. The highest BCUT2D eigenvalue weighted by atomic mass is 15.2. The summed E-state index contributed by atoms with van der Waals surface area (Å²) in [5.74, 6) is 6.27. The standard InChI is InChI=1S/C13H15N3/c14-16-13(10-5-6-10)12-8-7-9-3-1-2-4-11(9)15-12/h1-4,7-8,10,13,16H,5-6,14H2. The maximum Gasteiger partial charge on any atom is 0.0706 e. The van der Waals surface area contributed by atoms with Gasteiger partial charge < -0.3 is 0 Å². The zero-order chi connectivity index (χ0) is 11.0. The number of hydrogen-bond donors (Lipinski definition) is 2. The van der Waals surface area contributed by atoms with Gasteiger partial charge in [0.05, 0.1) is 17.3 Å². The van der Waals surface area contributed by atoms with E-state index in [-0.39, 0.29) is 6.04 Å². The Kier molecular flexibility index (Phi) is 2.35. The first-order chi connectivity index (χ1) is 7.88. The van der Waals surface area contributed by atoms with Gasteiger partial charge in [0.1, 0.15) is 0 Å². The lowest BCUT2D eigenvalue weighted by atomic mass is 10.1. The van der Waals surface area contributed by atoms with Crippen molar-refractivity contribution >= 4 is 10.9 Å². The molecule has 0 bridgehead atoms. The summed E-state index contributed by atoms with van der Waals surface area (Å²) in [5.41, 5.74) is 4.98. The minimum atomic E-state index is 0.213. The number of pyridine rings is 1. The second kappa shape index (κ2) is 3.85. The third-order valence-corrected chi connectivity index (χ3v) is 3.21. The van der Waals surface area contributed by atoms with Gasteiger partial charge in [-0.3, -0.25) is 16.3 Å². The lowest BCUT2D eigenvalue weighted by Crippen LogP contribution is -2.30. The van der Waals surface area contributed by atoms with Gasteiger partial charge in [-0.2, -0.15) is 0 Å². The van der Waals surface area contributed by atoms with Gasteiger partial charge >= 0.3 is 0 Å². The van der Waals surface area contributed by atoms with Gasteiger partial charge in [-0.15, -0.1) is 0 Å². The molecule has 1 saturated carbocycles. The number of para-hydroxylation sites is 1. The zero-order valence-corrected chi connectivity index (χ0v) is 9.06. The predicted molar refractivity (Wildman–Crippen MR) is 64.5 cm³/mol. The van der Waals surface area contributed by atoms with E-state index in [9.17, 15) is 0 Å². The number of hydrogen-bond acceptors (Lipinski definition) is 3. The van der Waals surface area contributed by atoms with Crippen LogP contribution in [0.3, 0.4) is 0 Å². The minimum Gasteiger partial charge on any atom is -0.271 e. The van der Waals surface area contributed by atoms with Crippen LogP contribution in [0.25, 0.3) is 10.9 Å². The van der Waals surface area contributed by atoms with Crippen molar-refractivity contribution < 1.29 is 0 Å². The van der Waals surface area contributed by atoms with Crippen LogP contribution in [0.15, 0.2) is 36.4 Å². The Morgan fingerprint density at radius 2 is 2.00 bits per heavy atom. The Labute approximate surface area is 94.6 Å². The third kappa shape index (κ3) is 1.68. The predicted octanol–water partition coefficient (Wildman–Crippen LogP) is 2.15. The van der Waals surface area contributed by atoms with Gasteiger partial charge in [0.25, 0.3) is 0 Å². The number of rotatable bonds is 3. The van der Waals surface area contributed by atoms with Crippen LogP contribution in [-0.2, 0) is 0 Å². The van der Waals surface area contributed by atoms with Crippen molar-refractivity contribution in [3.8, 4) is 0 Å². The number of fused-ring (bicyclic) bond motifs is 1. The summed E-state index contributed by atoms with van der Waals surface area (Å²) < 4.78 is 0. The van der Waals surface area contributed by atoms with Crippen molar-refractivity contribution in [2.75, 3.05) is 0 Å². The Morgan fingerprint density at radius 3 is 2.75 bits per heavy atom. The van der Waals surface area contributed by atoms with Crippen molar-refractivity contribution in [2.24, 2.45) is 11.8 Å². The number of aromatic nitrogens is 1. The second-order valence-electron chi connectivity index (χ2n) is 4.41. The first-order valence-electron chi connectivity index (χ1n) is 5.70. The number of hydrazine groups is 1. The van der Waals surface area contributed by atoms with E-state index < -0.39 is 0 Å². The molecule has 1 atom stereocenters. The van der Waals surface area contributed by atoms with Crippen LogP contribution in [0.1, 0.15) is 24.6 Å². The maximum atomic E-state index is 5.60. The summed E-state index contributed by atoms with van der Waals surface area (Å²) in [6, 6.07) is 12.6. The molecular weight excluding hydrogens is 198 g/mol. The summed E-state index contributed by atoms with van der Waals surface area (Å²) in [7, 11) is 0. The van der Waals surface area contributed by atoms with Crippen molar-refractivity contribution in [1.82, 2.24) is 10.4 Å². The summed E-state index contributed by atoms with van der Waals surface area (Å²) in [4.78, 5) is 4.67. The lowest BCUT2D eigenvalue weighted by Gasteiger charge is -2.14. The van der Waals surface area contributed by atoms with Crippen LogP contribution in [-0.4, -0.2) is 4.98 Å². The van der Waals surface area contributed by atoms with E-state index in [4.69, 9.17) is 5.84 Å². The Balaban J connectivity index is 2.03. The molecule has 1 aliphatic rings. The molecule has 0 aliphatic heterocycles. The summed E-state index contributed by atoms with van der Waals surface area (Å²) >= 11 is 0. The van der Waals surface area contributed by atoms with Crippen molar-refractivity contribution in [3.05, 3.63) is 42.1 Å². The Hall–Kier alpha value is -1.45. The van der Waals surface area contributed by atoms with Crippen LogP contribution in [0.4, 0.5) is 0 Å². The Bertz CT molecular complexity index is 505. The third-order valence-electron chi connectivity index (χ3n) is 3.21. The number of nitrogens with one attached hydrogen (secondary N) is 1. The summed E-state index contributed by atoms with van der Waals surface area (Å²) in [6.45, 7) is 0. The molecule has 0 saturated heterocycles. The van der Waals surface area contributed by atoms with E-state index in [0.29, 0.717) is 5.92 Å². The molecule has 1 aromatic carbocycles. The normalized spacial score (nSPS) is 17.6. The van der Waals surface area contributed by atoms with Gasteiger partial charge in [0.15, 0.2) is 0 Å². The molecule has 2 aromatic rings. The first-order valence-corrected chi connectivity index (χ1v) is 5.70. The van der Waals surface area contributed by atoms with E-state index in [1.807, 2.05) is 18.2 Å². The molecule has 1 fully saturated rings. The monoisotopic (exact) mass is 213 g/mol. The van der Waals surface area contributed by atoms with Crippen molar-refractivity contribution in [1.29, 1.82) is 0 Å². The van der Waals surface area contributed by atoms with E-state index in [1.165, 1.54) is 18.2 Å². The van der Waals surface area contributed by atoms with E-state index >= 15 is 0 Å². The quantitative estimate of drug-likeness (QED) is 0.606. The fourth-order valence-electron chi connectivity index (χ4n) is 2.15. The fourth-order valence-corrected chi connectivity index (χ4v) is 2.15. The average Bonchev–Trinajstić information content (AvgIpc) is 3.14. The highest BCUT2D eigenvalue weighted by Crippen LogP contribution is 2.40. The summed E-state index contributed by atoms with van der Waals surface area (Å²) in [5, 5.41) is 1.18. The molecule has 0 amide bonds. The van der Waals surface area contributed by atoms with Gasteiger partial charge in [-0.05, 0) is 30.9 Å². The molecule has 82 valence electrons. The Morgan fingerprint density at radius 1 is 1.19 bits per heavy atom. The van der Waals surface area contributed by atoms with Gasteiger partial charge in [0, 0.05) is 5.39 Å². The topological polar surface area (TPSA) is 50.9 Å². The molecule has 1 aliphatic carbocycles. The highest BCUT2D eigenvalue weighted by Gasteiger charge is 2.32. The molecular formula is C13H15N3. The number of nitrogens with two attached hydrogens (primary N) is 1. The smallest absolute Gasteiger partial charge is 0.0706 e. The zero-order valence-electron chi connectivity index (χ0n) is 9.06. The molecule has 3 N–H and O–H groups in total. The van der Waals surface area contributed by atoms with Gasteiger partial charge in [0.2, 0.25) is 0 Å². The maximum absolute atomic E-state index is 5.60. The molecule has 1 heterocycles. The molecule has 3 rings (SSSR count). The molecule has 1 aromatic heterocycles. The van der Waals surface area contributed by atoms with E-state index in [1.54, 1.807) is 0 Å². The fraction of sp³-hybridized carbons (Fsp3) is 0.308. The molecule has 3 heteroatoms. The van der Waals surface area contributed by atoms with Crippen molar-refractivity contribution in [2.45, 2.75) is 18.9 Å². The van der Waals surface area contributed by atoms with Crippen LogP contribution < -0.4 is 11.3 Å². The molecule has 3 nitrogen and oxygen atoms in total. The van der Waals surface area contributed by atoms with Crippen molar-refractivity contribution in [3.63, 3.8) is 0 Å². The largest absolute Gasteiger partial charge is 0.271 e. The minimum absolute atomic E-state index is 0.213. The molecule has 16 heavy (non-hydrogen) atoms. The second-order valence-corrected chi connectivity index (χ2v) is 4.41. The SMILES string of the molecule is NNC(c1ccc2ccccc2n1)C1CC1. The van der Waals surface area contributed by atoms with Crippen LogP contribution in [0, 0.1) is 5.92 Å². The van der Waals surface area contributed by atoms with Crippen LogP contribution in [0.2, 0.25) is 0 Å². The van der Waals surface area contributed by atoms with E-state index in [2.05, 4.69) is 28.6 Å².